The molecule has 0 aliphatic heterocycles. The predicted molar refractivity (Wildman–Crippen MR) is 76.0 cm³/mol. The van der Waals surface area contributed by atoms with Gasteiger partial charge < -0.3 is 5.32 Å². The van der Waals surface area contributed by atoms with E-state index in [0.29, 0.717) is 5.82 Å². The molecule has 1 aromatic heterocycles. The largest absolute Gasteiger partial charge is 0.372 e. The number of aromatic nitrogens is 1. The second-order valence-corrected chi connectivity index (χ2v) is 6.07. The number of hydrogen-bond donors (Lipinski definition) is 2. The lowest BCUT2D eigenvalue weighted by Crippen LogP contribution is -2.14. The fourth-order valence-corrected chi connectivity index (χ4v) is 2.88. The van der Waals surface area contributed by atoms with Crippen LogP contribution in [-0.2, 0) is 10.0 Å². The molecule has 112 valence electrons. The summed E-state index contributed by atoms with van der Waals surface area (Å²) in [7, 11) is -2.56. The van der Waals surface area contributed by atoms with Gasteiger partial charge in [-0.25, -0.2) is 22.2 Å². The van der Waals surface area contributed by atoms with Crippen LogP contribution in [0.2, 0.25) is 5.02 Å². The van der Waals surface area contributed by atoms with E-state index < -0.39 is 27.3 Å². The summed E-state index contributed by atoms with van der Waals surface area (Å²) in [5.74, 6) is -1.37. The molecule has 0 saturated carbocycles. The fraction of sp³-hybridized carbons (Fsp3) is 0.0833. The molecule has 21 heavy (non-hydrogen) atoms. The molecule has 0 radical (unpaired) electrons. The molecule has 0 fully saturated rings. The highest BCUT2D eigenvalue weighted by molar-refractivity contribution is 7.92. The number of nitrogens with one attached hydrogen (secondary N) is 2. The van der Waals surface area contributed by atoms with Crippen LogP contribution in [-0.4, -0.2) is 20.4 Å². The van der Waals surface area contributed by atoms with Gasteiger partial charge in [-0.2, -0.15) is 0 Å². The summed E-state index contributed by atoms with van der Waals surface area (Å²) < 4.78 is 52.7. The van der Waals surface area contributed by atoms with Crippen LogP contribution in [0.15, 0.2) is 35.4 Å². The number of anilines is 2. The second kappa shape index (κ2) is 5.82. The quantitative estimate of drug-likeness (QED) is 0.902. The Balaban J connectivity index is 2.38. The molecule has 0 spiro atoms. The highest BCUT2D eigenvalue weighted by Crippen LogP contribution is 2.24. The molecule has 0 bridgehead atoms. The zero-order valence-corrected chi connectivity index (χ0v) is 12.3. The molecule has 2 aromatic rings. The number of halogens is 3. The fourth-order valence-electron chi connectivity index (χ4n) is 1.53. The van der Waals surface area contributed by atoms with Crippen molar-refractivity contribution < 1.29 is 17.2 Å². The van der Waals surface area contributed by atoms with E-state index in [0.717, 1.165) is 30.5 Å². The van der Waals surface area contributed by atoms with Gasteiger partial charge in [-0.1, -0.05) is 11.6 Å². The third-order valence-corrected chi connectivity index (χ3v) is 4.16. The Morgan fingerprint density at radius 1 is 1.24 bits per heavy atom. The zero-order chi connectivity index (χ0) is 15.6. The number of hydrogen-bond acceptors (Lipinski definition) is 4. The normalized spacial score (nSPS) is 11.2. The minimum atomic E-state index is -4.13. The first-order valence-electron chi connectivity index (χ1n) is 5.64. The topological polar surface area (TPSA) is 71.1 Å². The molecule has 0 saturated heterocycles. The number of benzene rings is 1. The van der Waals surface area contributed by atoms with Crippen molar-refractivity contribution in [1.82, 2.24) is 4.98 Å². The lowest BCUT2D eigenvalue weighted by Gasteiger charge is -2.10. The van der Waals surface area contributed by atoms with E-state index in [-0.39, 0.29) is 9.92 Å². The van der Waals surface area contributed by atoms with Crippen LogP contribution in [0.4, 0.5) is 20.3 Å². The van der Waals surface area contributed by atoms with Crippen molar-refractivity contribution in [3.63, 3.8) is 0 Å². The van der Waals surface area contributed by atoms with Gasteiger partial charge in [0.05, 0.1) is 10.7 Å². The zero-order valence-electron chi connectivity index (χ0n) is 10.7. The number of pyridine rings is 1. The minimum absolute atomic E-state index is 0.0834. The Bertz CT molecular complexity index is 784. The van der Waals surface area contributed by atoms with Gasteiger partial charge in [-0.3, -0.25) is 4.72 Å². The molecule has 0 unspecified atom stereocenters. The van der Waals surface area contributed by atoms with Crippen LogP contribution in [0.25, 0.3) is 0 Å². The van der Waals surface area contributed by atoms with Crippen LogP contribution in [0.1, 0.15) is 0 Å². The van der Waals surface area contributed by atoms with Crippen molar-refractivity contribution >= 4 is 33.1 Å². The van der Waals surface area contributed by atoms with Gasteiger partial charge in [0, 0.05) is 19.3 Å². The van der Waals surface area contributed by atoms with Gasteiger partial charge in [0.25, 0.3) is 10.0 Å². The van der Waals surface area contributed by atoms with E-state index in [1.807, 2.05) is 4.72 Å². The third-order valence-electron chi connectivity index (χ3n) is 2.54. The standard InChI is InChI=1S/C12H10ClF2N3O2S/c1-16-12-9(13)5-8(6-17-12)21(19,20)18-11-4-7(14)2-3-10(11)15/h2-6,18H,1H3,(H,16,17). The molecule has 0 amide bonds. The van der Waals surface area contributed by atoms with Gasteiger partial charge in [0.1, 0.15) is 22.3 Å². The summed E-state index contributed by atoms with van der Waals surface area (Å²) in [6.07, 6.45) is 1.05. The Hall–Kier alpha value is -1.93. The molecule has 2 rings (SSSR count). The average Bonchev–Trinajstić information content (AvgIpc) is 2.42. The van der Waals surface area contributed by atoms with Gasteiger partial charge in [-0.15, -0.1) is 0 Å². The maximum absolute atomic E-state index is 13.5. The van der Waals surface area contributed by atoms with Gasteiger partial charge >= 0.3 is 0 Å². The molecule has 1 heterocycles. The van der Waals surface area contributed by atoms with Crippen molar-refractivity contribution in [3.8, 4) is 0 Å². The molecular formula is C12H10ClF2N3O2S. The third kappa shape index (κ3) is 3.40. The van der Waals surface area contributed by atoms with Crippen LogP contribution in [0.3, 0.4) is 0 Å². The van der Waals surface area contributed by atoms with Crippen LogP contribution < -0.4 is 10.0 Å². The van der Waals surface area contributed by atoms with Crippen LogP contribution in [0.5, 0.6) is 0 Å². The molecular weight excluding hydrogens is 324 g/mol. The summed E-state index contributed by atoms with van der Waals surface area (Å²) in [6, 6.07) is 3.60. The Kier molecular flexibility index (Phi) is 4.29. The Morgan fingerprint density at radius 2 is 1.95 bits per heavy atom. The Morgan fingerprint density at radius 3 is 2.57 bits per heavy atom. The van der Waals surface area contributed by atoms with Crippen LogP contribution in [0, 0.1) is 11.6 Å². The SMILES string of the molecule is CNc1ncc(S(=O)(=O)Nc2cc(F)ccc2F)cc1Cl. The van der Waals surface area contributed by atoms with Gasteiger partial charge in [0.2, 0.25) is 0 Å². The molecule has 0 aliphatic rings. The van der Waals surface area contributed by atoms with E-state index in [1.54, 1.807) is 7.05 Å². The van der Waals surface area contributed by atoms with Crippen molar-refractivity contribution in [2.75, 3.05) is 17.1 Å². The average molecular weight is 334 g/mol. The number of sulfonamides is 1. The summed E-state index contributed by atoms with van der Waals surface area (Å²) in [6.45, 7) is 0. The molecule has 9 heteroatoms. The summed E-state index contributed by atoms with van der Waals surface area (Å²) in [5, 5.41) is 2.76. The first-order chi connectivity index (χ1) is 9.83. The van der Waals surface area contributed by atoms with Crippen LogP contribution >= 0.6 is 11.6 Å². The van der Waals surface area contributed by atoms with Crippen molar-refractivity contribution in [1.29, 1.82) is 0 Å². The minimum Gasteiger partial charge on any atom is -0.372 e. The molecule has 0 aliphatic carbocycles. The second-order valence-electron chi connectivity index (χ2n) is 3.98. The first kappa shape index (κ1) is 15.5. The van der Waals surface area contributed by atoms with Crippen molar-refractivity contribution in [2.45, 2.75) is 4.90 Å². The van der Waals surface area contributed by atoms with Crippen molar-refractivity contribution in [2.24, 2.45) is 0 Å². The lowest BCUT2D eigenvalue weighted by molar-refractivity contribution is 0.594. The highest BCUT2D eigenvalue weighted by atomic mass is 35.5. The molecule has 0 atom stereocenters. The summed E-state index contributed by atoms with van der Waals surface area (Å²) in [5.41, 5.74) is -0.496. The van der Waals surface area contributed by atoms with E-state index in [9.17, 15) is 17.2 Å². The molecule has 1 aromatic carbocycles. The predicted octanol–water partition coefficient (Wildman–Crippen LogP) is 2.86. The summed E-state index contributed by atoms with van der Waals surface area (Å²) in [4.78, 5) is 3.55. The monoisotopic (exact) mass is 333 g/mol. The van der Waals surface area contributed by atoms with Crippen molar-refractivity contribution in [3.05, 3.63) is 47.1 Å². The molecule has 2 N–H and O–H groups in total. The van der Waals surface area contributed by atoms with E-state index in [4.69, 9.17) is 11.6 Å². The van der Waals surface area contributed by atoms with Gasteiger partial charge in [0.15, 0.2) is 0 Å². The number of rotatable bonds is 4. The number of nitrogens with zero attached hydrogens (tertiary/aromatic N) is 1. The van der Waals surface area contributed by atoms with E-state index >= 15 is 0 Å². The van der Waals surface area contributed by atoms with Gasteiger partial charge in [-0.05, 0) is 18.2 Å². The molecule has 5 nitrogen and oxygen atoms in total. The van der Waals surface area contributed by atoms with E-state index in [1.165, 1.54) is 0 Å². The maximum Gasteiger partial charge on any atom is 0.263 e. The first-order valence-corrected chi connectivity index (χ1v) is 7.51. The Labute approximate surface area is 125 Å². The lowest BCUT2D eigenvalue weighted by atomic mass is 10.3. The maximum atomic E-state index is 13.5. The highest BCUT2D eigenvalue weighted by Gasteiger charge is 2.18. The smallest absolute Gasteiger partial charge is 0.263 e. The summed E-state index contributed by atoms with van der Waals surface area (Å²) >= 11 is 5.84. The van der Waals surface area contributed by atoms with E-state index in [2.05, 4.69) is 10.3 Å².